The van der Waals surface area contributed by atoms with Crippen molar-refractivity contribution < 1.29 is 5.11 Å². The van der Waals surface area contributed by atoms with E-state index >= 15 is 0 Å². The summed E-state index contributed by atoms with van der Waals surface area (Å²) in [5.74, 6) is 0.406. The molecular formula is C11H15NO. The van der Waals surface area contributed by atoms with Crippen LogP contribution in [0.5, 0.6) is 5.75 Å². The van der Waals surface area contributed by atoms with Crippen LogP contribution in [0.4, 0.5) is 0 Å². The fraction of sp³-hybridized carbons (Fsp3) is 0.455. The maximum atomic E-state index is 9.74. The minimum atomic E-state index is -0.0132. The van der Waals surface area contributed by atoms with E-state index in [0.29, 0.717) is 12.3 Å². The molecule has 1 aliphatic rings. The Labute approximate surface area is 78.4 Å². The molecule has 0 aliphatic heterocycles. The minimum Gasteiger partial charge on any atom is -0.508 e. The summed E-state index contributed by atoms with van der Waals surface area (Å²) >= 11 is 0. The number of benzene rings is 1. The average molecular weight is 177 g/mol. The van der Waals surface area contributed by atoms with Crippen molar-refractivity contribution in [3.05, 3.63) is 29.3 Å². The van der Waals surface area contributed by atoms with E-state index in [0.717, 1.165) is 18.4 Å². The Morgan fingerprint density at radius 1 is 1.54 bits per heavy atom. The van der Waals surface area contributed by atoms with Crippen LogP contribution in [0.3, 0.4) is 0 Å². The van der Waals surface area contributed by atoms with Gasteiger partial charge in [-0.3, -0.25) is 0 Å². The maximum absolute atomic E-state index is 9.74. The Hall–Kier alpha value is -1.02. The summed E-state index contributed by atoms with van der Waals surface area (Å²) in [5.41, 5.74) is 8.05. The fourth-order valence-electron chi connectivity index (χ4n) is 2.23. The first-order valence-electron chi connectivity index (χ1n) is 4.69. The predicted molar refractivity (Wildman–Crippen MR) is 52.8 cm³/mol. The van der Waals surface area contributed by atoms with Gasteiger partial charge < -0.3 is 10.8 Å². The molecule has 2 rings (SSSR count). The zero-order chi connectivity index (χ0) is 9.47. The number of phenols is 1. The van der Waals surface area contributed by atoms with Crippen LogP contribution in [-0.4, -0.2) is 11.7 Å². The molecule has 0 bridgehead atoms. The molecule has 0 saturated carbocycles. The third-order valence-electron chi connectivity index (χ3n) is 3.13. The van der Waals surface area contributed by atoms with Crippen molar-refractivity contribution in [2.24, 2.45) is 5.73 Å². The highest BCUT2D eigenvalue weighted by Crippen LogP contribution is 2.42. The molecule has 3 N–H and O–H groups in total. The van der Waals surface area contributed by atoms with Gasteiger partial charge in [-0.15, -0.1) is 0 Å². The molecule has 2 heteroatoms. The molecular weight excluding hydrogens is 162 g/mol. The highest BCUT2D eigenvalue weighted by molar-refractivity contribution is 5.48. The van der Waals surface area contributed by atoms with Crippen LogP contribution in [-0.2, 0) is 11.8 Å². The van der Waals surface area contributed by atoms with Crippen LogP contribution in [0.15, 0.2) is 18.2 Å². The molecule has 1 unspecified atom stereocenters. The van der Waals surface area contributed by atoms with Crippen molar-refractivity contribution in [2.45, 2.75) is 25.2 Å². The van der Waals surface area contributed by atoms with Crippen LogP contribution >= 0.6 is 0 Å². The second-order valence-corrected chi connectivity index (χ2v) is 4.08. The molecule has 70 valence electrons. The minimum absolute atomic E-state index is 0.0132. The van der Waals surface area contributed by atoms with E-state index in [1.54, 1.807) is 6.07 Å². The number of aromatic hydroxyl groups is 1. The van der Waals surface area contributed by atoms with Gasteiger partial charge in [-0.05, 0) is 24.5 Å². The normalized spacial score (nSPS) is 26.0. The van der Waals surface area contributed by atoms with Gasteiger partial charge in [0.05, 0.1) is 0 Å². The van der Waals surface area contributed by atoms with Crippen molar-refractivity contribution >= 4 is 0 Å². The Kier molecular flexibility index (Phi) is 1.81. The summed E-state index contributed by atoms with van der Waals surface area (Å²) in [6, 6.07) is 5.73. The number of fused-ring (bicyclic) bond motifs is 1. The lowest BCUT2D eigenvalue weighted by Gasteiger charge is -2.23. The van der Waals surface area contributed by atoms with E-state index in [9.17, 15) is 5.11 Å². The van der Waals surface area contributed by atoms with Gasteiger partial charge in [0, 0.05) is 17.5 Å². The number of hydrogen-bond donors (Lipinski definition) is 2. The van der Waals surface area contributed by atoms with E-state index in [4.69, 9.17) is 5.73 Å². The van der Waals surface area contributed by atoms with Gasteiger partial charge in [0.1, 0.15) is 5.75 Å². The molecule has 0 saturated heterocycles. The molecule has 1 atom stereocenters. The monoisotopic (exact) mass is 177 g/mol. The van der Waals surface area contributed by atoms with Crippen LogP contribution in [0.25, 0.3) is 0 Å². The quantitative estimate of drug-likeness (QED) is 0.683. The number of phenolic OH excluding ortho intramolecular Hbond substituents is 1. The van der Waals surface area contributed by atoms with Crippen molar-refractivity contribution in [3.8, 4) is 5.75 Å². The van der Waals surface area contributed by atoms with Gasteiger partial charge in [-0.1, -0.05) is 19.1 Å². The van der Waals surface area contributed by atoms with E-state index in [1.165, 1.54) is 5.56 Å². The van der Waals surface area contributed by atoms with Crippen molar-refractivity contribution in [2.75, 3.05) is 6.54 Å². The predicted octanol–water partition coefficient (Wildman–Crippen LogP) is 1.55. The summed E-state index contributed by atoms with van der Waals surface area (Å²) < 4.78 is 0. The Morgan fingerprint density at radius 3 is 3.00 bits per heavy atom. The van der Waals surface area contributed by atoms with Crippen molar-refractivity contribution in [1.82, 2.24) is 0 Å². The fourth-order valence-corrected chi connectivity index (χ4v) is 2.23. The molecule has 1 aromatic carbocycles. The molecule has 0 fully saturated rings. The number of rotatable bonds is 1. The Morgan fingerprint density at radius 2 is 2.31 bits per heavy atom. The molecule has 0 heterocycles. The van der Waals surface area contributed by atoms with Gasteiger partial charge >= 0.3 is 0 Å². The van der Waals surface area contributed by atoms with Crippen LogP contribution in [0.2, 0.25) is 0 Å². The van der Waals surface area contributed by atoms with Gasteiger partial charge in [-0.2, -0.15) is 0 Å². The van der Waals surface area contributed by atoms with E-state index < -0.39 is 0 Å². The number of nitrogens with two attached hydrogens (primary N) is 1. The standard InChI is InChI=1S/C11H15NO/c1-11(7-12)6-5-8-3-2-4-9(13)10(8)11/h2-4,13H,5-7,12H2,1H3. The molecule has 0 radical (unpaired) electrons. The summed E-state index contributed by atoms with van der Waals surface area (Å²) in [5, 5.41) is 9.74. The highest BCUT2D eigenvalue weighted by atomic mass is 16.3. The van der Waals surface area contributed by atoms with E-state index in [2.05, 4.69) is 13.0 Å². The van der Waals surface area contributed by atoms with Gasteiger partial charge in [0.25, 0.3) is 0 Å². The Bertz CT molecular complexity index is 335. The first-order chi connectivity index (χ1) is 6.17. The van der Waals surface area contributed by atoms with Crippen LogP contribution in [0.1, 0.15) is 24.5 Å². The summed E-state index contributed by atoms with van der Waals surface area (Å²) in [7, 11) is 0. The van der Waals surface area contributed by atoms with Crippen molar-refractivity contribution in [3.63, 3.8) is 0 Å². The zero-order valence-corrected chi connectivity index (χ0v) is 7.88. The van der Waals surface area contributed by atoms with Crippen LogP contribution < -0.4 is 5.73 Å². The summed E-state index contributed by atoms with van der Waals surface area (Å²) in [6.07, 6.45) is 2.09. The largest absolute Gasteiger partial charge is 0.508 e. The van der Waals surface area contributed by atoms with Crippen LogP contribution in [0, 0.1) is 0 Å². The second-order valence-electron chi connectivity index (χ2n) is 4.08. The summed E-state index contributed by atoms with van der Waals surface area (Å²) in [4.78, 5) is 0. The molecule has 0 aromatic heterocycles. The third-order valence-corrected chi connectivity index (χ3v) is 3.13. The highest BCUT2D eigenvalue weighted by Gasteiger charge is 2.35. The lowest BCUT2D eigenvalue weighted by Crippen LogP contribution is -2.29. The summed E-state index contributed by atoms with van der Waals surface area (Å²) in [6.45, 7) is 2.73. The second kappa shape index (κ2) is 2.74. The van der Waals surface area contributed by atoms with Gasteiger partial charge in [-0.25, -0.2) is 0 Å². The number of aryl methyl sites for hydroxylation is 1. The lowest BCUT2D eigenvalue weighted by atomic mass is 9.84. The molecule has 1 aromatic rings. The van der Waals surface area contributed by atoms with Crippen molar-refractivity contribution in [1.29, 1.82) is 0 Å². The molecule has 2 nitrogen and oxygen atoms in total. The van der Waals surface area contributed by atoms with Gasteiger partial charge in [0.2, 0.25) is 0 Å². The lowest BCUT2D eigenvalue weighted by molar-refractivity contribution is 0.426. The topological polar surface area (TPSA) is 46.2 Å². The third kappa shape index (κ3) is 1.13. The zero-order valence-electron chi connectivity index (χ0n) is 7.88. The first kappa shape index (κ1) is 8.57. The smallest absolute Gasteiger partial charge is 0.119 e. The maximum Gasteiger partial charge on any atom is 0.119 e. The Balaban J connectivity index is 2.58. The molecule has 0 spiro atoms. The van der Waals surface area contributed by atoms with Gasteiger partial charge in [0.15, 0.2) is 0 Å². The molecule has 0 amide bonds. The SMILES string of the molecule is CC1(CN)CCc2cccc(O)c21. The molecule has 13 heavy (non-hydrogen) atoms. The molecule has 1 aliphatic carbocycles. The number of hydrogen-bond acceptors (Lipinski definition) is 2. The average Bonchev–Trinajstić information content (AvgIpc) is 2.47. The van der Waals surface area contributed by atoms with E-state index in [-0.39, 0.29) is 5.41 Å². The first-order valence-corrected chi connectivity index (χ1v) is 4.69. The van der Waals surface area contributed by atoms with E-state index in [1.807, 2.05) is 6.07 Å².